The van der Waals surface area contributed by atoms with Crippen LogP contribution in [0.15, 0.2) is 23.1 Å². The number of pyridine rings is 1. The molecule has 0 fully saturated rings. The van der Waals surface area contributed by atoms with Crippen molar-refractivity contribution >= 4 is 31.9 Å². The van der Waals surface area contributed by atoms with E-state index in [-0.39, 0.29) is 9.30 Å². The monoisotopic (exact) mass is 265 g/mol. The zero-order valence-corrected chi connectivity index (χ0v) is 8.15. The summed E-state index contributed by atoms with van der Waals surface area (Å²) in [6.45, 7) is 0. The van der Waals surface area contributed by atoms with Crippen LogP contribution in [0, 0.1) is 0 Å². The zero-order valence-electron chi connectivity index (χ0n) is 4.97. The van der Waals surface area contributed by atoms with Crippen molar-refractivity contribution in [1.82, 2.24) is 4.98 Å². The molecule has 1 heterocycles. The number of aromatic amines is 1. The Bertz CT molecular complexity index is 268. The van der Waals surface area contributed by atoms with Gasteiger partial charge in [-0.25, -0.2) is 0 Å². The van der Waals surface area contributed by atoms with Gasteiger partial charge in [0.1, 0.15) is 0 Å². The molecule has 0 bridgehead atoms. The molecule has 0 aliphatic carbocycles. The first kappa shape index (κ1) is 8.01. The van der Waals surface area contributed by atoms with E-state index in [0.717, 1.165) is 5.56 Å². The van der Waals surface area contributed by atoms with Gasteiger partial charge in [-0.15, -0.1) is 0 Å². The molecule has 0 saturated heterocycles. The molecular weight excluding hydrogens is 262 g/mol. The lowest BCUT2D eigenvalue weighted by Crippen LogP contribution is -2.03. The number of halogens is 2. The third-order valence-electron chi connectivity index (χ3n) is 1.05. The second-order valence-corrected chi connectivity index (χ2v) is 4.85. The molecule has 0 saturated carbocycles. The Balaban J connectivity index is 3.07. The van der Waals surface area contributed by atoms with Gasteiger partial charge in [-0.3, -0.25) is 4.79 Å². The molecule has 1 aromatic heterocycles. The first-order chi connectivity index (χ1) is 4.70. The fourth-order valence-corrected chi connectivity index (χ4v) is 1.17. The van der Waals surface area contributed by atoms with Crippen LogP contribution in [-0.2, 0) is 0 Å². The lowest BCUT2D eigenvalue weighted by molar-refractivity contribution is 1.20. The maximum Gasteiger partial charge on any atom is 0.248 e. The van der Waals surface area contributed by atoms with Gasteiger partial charge < -0.3 is 4.98 Å². The van der Waals surface area contributed by atoms with Crippen molar-refractivity contribution < 1.29 is 0 Å². The summed E-state index contributed by atoms with van der Waals surface area (Å²) >= 11 is 6.56. The predicted molar refractivity (Wildman–Crippen MR) is 47.7 cm³/mol. The third-order valence-corrected chi connectivity index (χ3v) is 2.11. The van der Waals surface area contributed by atoms with Crippen LogP contribution in [0.1, 0.15) is 9.30 Å². The summed E-state index contributed by atoms with van der Waals surface area (Å²) in [6, 6.07) is 3.36. The van der Waals surface area contributed by atoms with E-state index < -0.39 is 0 Å². The third kappa shape index (κ3) is 1.95. The maximum absolute atomic E-state index is 10.7. The van der Waals surface area contributed by atoms with Crippen LogP contribution in [0.5, 0.6) is 0 Å². The second-order valence-electron chi connectivity index (χ2n) is 1.79. The lowest BCUT2D eigenvalue weighted by atomic mass is 10.3. The highest BCUT2D eigenvalue weighted by Crippen LogP contribution is 2.27. The van der Waals surface area contributed by atoms with Crippen molar-refractivity contribution in [2.45, 2.75) is 3.74 Å². The molecule has 0 aliphatic rings. The fraction of sp³-hybridized carbons (Fsp3) is 0.167. The zero-order chi connectivity index (χ0) is 7.56. The summed E-state index contributed by atoms with van der Waals surface area (Å²) in [4.78, 5) is 13.2. The molecule has 0 aromatic carbocycles. The van der Waals surface area contributed by atoms with Crippen molar-refractivity contribution in [1.29, 1.82) is 0 Å². The van der Waals surface area contributed by atoms with E-state index in [0.29, 0.717) is 0 Å². The van der Waals surface area contributed by atoms with Gasteiger partial charge >= 0.3 is 0 Å². The highest BCUT2D eigenvalue weighted by molar-refractivity contribution is 9.24. The van der Waals surface area contributed by atoms with E-state index in [1.165, 1.54) is 6.07 Å². The van der Waals surface area contributed by atoms with Gasteiger partial charge in [-0.1, -0.05) is 31.9 Å². The summed E-state index contributed by atoms with van der Waals surface area (Å²) in [7, 11) is 0. The number of hydrogen-bond donors (Lipinski definition) is 1. The van der Waals surface area contributed by atoms with Crippen LogP contribution < -0.4 is 5.56 Å². The molecule has 54 valence electrons. The largest absolute Gasteiger partial charge is 0.329 e. The van der Waals surface area contributed by atoms with E-state index in [2.05, 4.69) is 36.8 Å². The Morgan fingerprint density at radius 2 is 2.20 bits per heavy atom. The Kier molecular flexibility index (Phi) is 2.68. The molecule has 1 aromatic rings. The molecule has 0 atom stereocenters. The van der Waals surface area contributed by atoms with Crippen molar-refractivity contribution in [2.75, 3.05) is 0 Å². The smallest absolute Gasteiger partial charge is 0.248 e. The number of alkyl halides is 2. The lowest BCUT2D eigenvalue weighted by Gasteiger charge is -1.97. The number of H-pyrrole nitrogens is 1. The normalized spacial score (nSPS) is 10.3. The van der Waals surface area contributed by atoms with E-state index in [1.807, 2.05) is 6.07 Å². The van der Waals surface area contributed by atoms with Gasteiger partial charge in [0.05, 0.1) is 3.74 Å². The van der Waals surface area contributed by atoms with Gasteiger partial charge in [-0.05, 0) is 11.6 Å². The first-order valence-electron chi connectivity index (χ1n) is 2.67. The SMILES string of the molecule is O=c1cc(C(Br)Br)cc[nH]1. The molecular formula is C6H5Br2NO. The van der Waals surface area contributed by atoms with Gasteiger partial charge in [0.25, 0.3) is 0 Å². The van der Waals surface area contributed by atoms with Crippen LogP contribution in [0.25, 0.3) is 0 Å². The summed E-state index contributed by atoms with van der Waals surface area (Å²) in [5.74, 6) is 0. The van der Waals surface area contributed by atoms with Crippen LogP contribution >= 0.6 is 31.9 Å². The highest BCUT2D eigenvalue weighted by atomic mass is 79.9. The molecule has 4 heteroatoms. The van der Waals surface area contributed by atoms with Crippen LogP contribution in [0.3, 0.4) is 0 Å². The molecule has 0 amide bonds. The summed E-state index contributed by atoms with van der Waals surface area (Å²) in [6.07, 6.45) is 1.62. The highest BCUT2D eigenvalue weighted by Gasteiger charge is 2.00. The van der Waals surface area contributed by atoms with Crippen molar-refractivity contribution in [3.63, 3.8) is 0 Å². The average Bonchev–Trinajstić information content (AvgIpc) is 1.88. The Labute approximate surface area is 74.9 Å². The standard InChI is InChI=1S/C6H5Br2NO/c7-6(8)4-1-2-9-5(10)3-4/h1-3,6H,(H,9,10). The Morgan fingerprint density at radius 1 is 1.50 bits per heavy atom. The number of nitrogens with one attached hydrogen (secondary N) is 1. The Hall–Kier alpha value is -0.0900. The summed E-state index contributed by atoms with van der Waals surface area (Å²) < 4.78 is 0.0577. The molecule has 0 unspecified atom stereocenters. The first-order valence-corrected chi connectivity index (χ1v) is 4.50. The quantitative estimate of drug-likeness (QED) is 0.777. The molecule has 2 nitrogen and oxygen atoms in total. The van der Waals surface area contributed by atoms with Gasteiger partial charge in [-0.2, -0.15) is 0 Å². The van der Waals surface area contributed by atoms with Gasteiger partial charge in [0.15, 0.2) is 0 Å². The molecule has 10 heavy (non-hydrogen) atoms. The van der Waals surface area contributed by atoms with Crippen LogP contribution in [-0.4, -0.2) is 4.98 Å². The number of hydrogen-bond acceptors (Lipinski definition) is 1. The number of aromatic nitrogens is 1. The minimum Gasteiger partial charge on any atom is -0.329 e. The van der Waals surface area contributed by atoms with Gasteiger partial charge in [0, 0.05) is 12.3 Å². The summed E-state index contributed by atoms with van der Waals surface area (Å²) in [5, 5.41) is 0. The Morgan fingerprint density at radius 3 is 2.60 bits per heavy atom. The van der Waals surface area contributed by atoms with E-state index >= 15 is 0 Å². The topological polar surface area (TPSA) is 32.9 Å². The minimum atomic E-state index is -0.0820. The predicted octanol–water partition coefficient (Wildman–Crippen LogP) is 2.16. The molecule has 0 spiro atoms. The van der Waals surface area contributed by atoms with E-state index in [9.17, 15) is 4.79 Å². The van der Waals surface area contributed by atoms with E-state index in [1.54, 1.807) is 6.20 Å². The molecule has 1 rings (SSSR count). The molecule has 0 radical (unpaired) electrons. The fourth-order valence-electron chi connectivity index (χ4n) is 0.597. The van der Waals surface area contributed by atoms with Crippen LogP contribution in [0.2, 0.25) is 0 Å². The van der Waals surface area contributed by atoms with Crippen molar-refractivity contribution in [3.05, 3.63) is 34.2 Å². The average molecular weight is 267 g/mol. The molecule has 1 N–H and O–H groups in total. The van der Waals surface area contributed by atoms with Crippen molar-refractivity contribution in [2.24, 2.45) is 0 Å². The van der Waals surface area contributed by atoms with Gasteiger partial charge in [0.2, 0.25) is 5.56 Å². The van der Waals surface area contributed by atoms with Crippen LogP contribution in [0.4, 0.5) is 0 Å². The van der Waals surface area contributed by atoms with E-state index in [4.69, 9.17) is 0 Å². The maximum atomic E-state index is 10.7. The molecule has 0 aliphatic heterocycles. The summed E-state index contributed by atoms with van der Waals surface area (Å²) in [5.41, 5.74) is 0.838. The minimum absolute atomic E-state index is 0.0577. The number of rotatable bonds is 1. The van der Waals surface area contributed by atoms with Crippen molar-refractivity contribution in [3.8, 4) is 0 Å². The second kappa shape index (κ2) is 3.34.